The Balaban J connectivity index is 1.30. The number of carbonyl (C=O) groups excluding carboxylic acids is 2. The molecule has 0 heterocycles. The van der Waals surface area contributed by atoms with E-state index >= 15 is 0 Å². The SMILES string of the molecule is CC(C)C(CNC(=O)OCC1c2ccccc2-c2ccccc21)CC(=O)NC1(C(=O)O)CCC1. The number of carbonyl (C=O) groups is 3. The van der Waals surface area contributed by atoms with Crippen molar-refractivity contribution >= 4 is 18.0 Å². The van der Waals surface area contributed by atoms with E-state index in [9.17, 15) is 19.5 Å². The molecule has 2 aliphatic rings. The molecule has 2 aromatic carbocycles. The maximum atomic E-state index is 12.5. The molecule has 2 aliphatic carbocycles. The summed E-state index contributed by atoms with van der Waals surface area (Å²) in [5.41, 5.74) is 3.51. The second-order valence-electron chi connectivity index (χ2n) is 9.70. The van der Waals surface area contributed by atoms with Gasteiger partial charge in [-0.05, 0) is 53.4 Å². The molecular formula is C27H32N2O5. The highest BCUT2D eigenvalue weighted by molar-refractivity contribution is 5.88. The molecule has 1 atom stereocenters. The monoisotopic (exact) mass is 464 g/mol. The van der Waals surface area contributed by atoms with Crippen LogP contribution in [-0.4, -0.2) is 41.8 Å². The number of ether oxygens (including phenoxy) is 1. The van der Waals surface area contributed by atoms with E-state index in [2.05, 4.69) is 34.9 Å². The largest absolute Gasteiger partial charge is 0.480 e. The third-order valence-corrected chi connectivity index (χ3v) is 7.24. The number of rotatable bonds is 9. The number of benzene rings is 2. The smallest absolute Gasteiger partial charge is 0.407 e. The summed E-state index contributed by atoms with van der Waals surface area (Å²) in [7, 11) is 0. The highest BCUT2D eigenvalue weighted by atomic mass is 16.5. The van der Waals surface area contributed by atoms with Crippen LogP contribution in [0.2, 0.25) is 0 Å². The normalized spacial score (nSPS) is 16.7. The van der Waals surface area contributed by atoms with Crippen LogP contribution in [0, 0.1) is 11.8 Å². The Hall–Kier alpha value is -3.35. The van der Waals surface area contributed by atoms with E-state index in [0.717, 1.165) is 17.5 Å². The minimum atomic E-state index is -1.13. The van der Waals surface area contributed by atoms with E-state index in [0.29, 0.717) is 12.8 Å². The molecule has 0 bridgehead atoms. The third kappa shape index (κ3) is 4.79. The van der Waals surface area contributed by atoms with Crippen LogP contribution in [0.4, 0.5) is 4.79 Å². The lowest BCUT2D eigenvalue weighted by molar-refractivity contribution is -0.152. The van der Waals surface area contributed by atoms with E-state index < -0.39 is 17.6 Å². The first-order valence-electron chi connectivity index (χ1n) is 11.9. The summed E-state index contributed by atoms with van der Waals surface area (Å²) in [5, 5.41) is 14.9. The van der Waals surface area contributed by atoms with E-state index in [1.165, 1.54) is 11.1 Å². The molecule has 1 saturated carbocycles. The van der Waals surface area contributed by atoms with E-state index in [1.54, 1.807) is 0 Å². The van der Waals surface area contributed by atoms with Gasteiger partial charge in [-0.3, -0.25) is 4.79 Å². The average Bonchev–Trinajstić information content (AvgIpc) is 3.11. The second-order valence-corrected chi connectivity index (χ2v) is 9.70. The molecule has 2 aromatic rings. The van der Waals surface area contributed by atoms with Gasteiger partial charge in [-0.25, -0.2) is 9.59 Å². The van der Waals surface area contributed by atoms with Crippen molar-refractivity contribution in [2.75, 3.05) is 13.2 Å². The molecule has 0 aromatic heterocycles. The molecule has 7 nitrogen and oxygen atoms in total. The fourth-order valence-electron chi connectivity index (χ4n) is 4.89. The minimum absolute atomic E-state index is 0.0143. The zero-order valence-corrected chi connectivity index (χ0v) is 19.7. The molecule has 1 fully saturated rings. The standard InChI is InChI=1S/C27H32N2O5/c1-17(2)18(14-24(30)29-27(25(31)32)12-7-13-27)15-28-26(33)34-16-23-21-10-5-3-8-19(21)20-9-4-6-11-22(20)23/h3-6,8-11,17-18,23H,7,12-16H2,1-2H3,(H,28,33)(H,29,30)(H,31,32). The quantitative estimate of drug-likeness (QED) is 0.513. The molecular weight excluding hydrogens is 432 g/mol. The lowest BCUT2D eigenvalue weighted by atomic mass is 9.76. The lowest BCUT2D eigenvalue weighted by Crippen LogP contribution is -2.59. The Morgan fingerprint density at radius 2 is 1.62 bits per heavy atom. The Morgan fingerprint density at radius 1 is 1.03 bits per heavy atom. The molecule has 0 aliphatic heterocycles. The van der Waals surface area contributed by atoms with Gasteiger partial charge in [0.05, 0.1) is 0 Å². The maximum absolute atomic E-state index is 12.5. The highest BCUT2D eigenvalue weighted by Crippen LogP contribution is 2.44. The van der Waals surface area contributed by atoms with Crippen molar-refractivity contribution in [2.45, 2.75) is 51.0 Å². The number of alkyl carbamates (subject to hydrolysis) is 1. The molecule has 180 valence electrons. The van der Waals surface area contributed by atoms with Gasteiger partial charge < -0.3 is 20.5 Å². The molecule has 0 saturated heterocycles. The zero-order valence-electron chi connectivity index (χ0n) is 19.7. The Morgan fingerprint density at radius 3 is 2.12 bits per heavy atom. The van der Waals surface area contributed by atoms with Crippen LogP contribution < -0.4 is 10.6 Å². The lowest BCUT2D eigenvalue weighted by Gasteiger charge is -2.38. The van der Waals surface area contributed by atoms with Crippen LogP contribution in [0.5, 0.6) is 0 Å². The van der Waals surface area contributed by atoms with Crippen LogP contribution in [-0.2, 0) is 14.3 Å². The van der Waals surface area contributed by atoms with Gasteiger partial charge in [0.25, 0.3) is 0 Å². The van der Waals surface area contributed by atoms with Crippen molar-refractivity contribution in [1.29, 1.82) is 0 Å². The average molecular weight is 465 g/mol. The van der Waals surface area contributed by atoms with Crippen LogP contribution >= 0.6 is 0 Å². The number of carboxylic acid groups (broad SMARTS) is 1. The van der Waals surface area contributed by atoms with Gasteiger partial charge in [-0.1, -0.05) is 62.4 Å². The van der Waals surface area contributed by atoms with Gasteiger partial charge in [-0.2, -0.15) is 0 Å². The number of hydrogen-bond acceptors (Lipinski definition) is 4. The van der Waals surface area contributed by atoms with Gasteiger partial charge in [0.2, 0.25) is 5.91 Å². The third-order valence-electron chi connectivity index (χ3n) is 7.24. The summed E-state index contributed by atoms with van der Waals surface area (Å²) in [6, 6.07) is 16.3. The van der Waals surface area contributed by atoms with Crippen molar-refractivity contribution in [3.8, 4) is 11.1 Å². The fourth-order valence-corrected chi connectivity index (χ4v) is 4.89. The van der Waals surface area contributed by atoms with Crippen molar-refractivity contribution < 1.29 is 24.2 Å². The van der Waals surface area contributed by atoms with Crippen LogP contribution in [0.15, 0.2) is 48.5 Å². The van der Waals surface area contributed by atoms with E-state index in [4.69, 9.17) is 4.74 Å². The summed E-state index contributed by atoms with van der Waals surface area (Å²) in [6.45, 7) is 4.47. The Bertz CT molecular complexity index is 1030. The molecule has 34 heavy (non-hydrogen) atoms. The Kier molecular flexibility index (Phi) is 6.91. The van der Waals surface area contributed by atoms with E-state index in [1.807, 2.05) is 38.1 Å². The van der Waals surface area contributed by atoms with Gasteiger partial charge in [0, 0.05) is 18.9 Å². The molecule has 1 unspecified atom stereocenters. The number of nitrogens with one attached hydrogen (secondary N) is 2. The fraction of sp³-hybridized carbons (Fsp3) is 0.444. The van der Waals surface area contributed by atoms with Gasteiger partial charge in [0.15, 0.2) is 0 Å². The molecule has 3 N–H and O–H groups in total. The number of fused-ring (bicyclic) bond motifs is 3. The predicted molar refractivity (Wildman–Crippen MR) is 128 cm³/mol. The van der Waals surface area contributed by atoms with Crippen LogP contribution in [0.25, 0.3) is 11.1 Å². The predicted octanol–water partition coefficient (Wildman–Crippen LogP) is 4.31. The van der Waals surface area contributed by atoms with Crippen molar-refractivity contribution in [3.63, 3.8) is 0 Å². The summed E-state index contributed by atoms with van der Waals surface area (Å²) in [6.07, 6.45) is 1.34. The molecule has 7 heteroatoms. The summed E-state index contributed by atoms with van der Waals surface area (Å²) in [4.78, 5) is 36.5. The number of carboxylic acids is 1. The summed E-state index contributed by atoms with van der Waals surface area (Å²) < 4.78 is 5.59. The topological polar surface area (TPSA) is 105 Å². The first kappa shape index (κ1) is 23.8. The molecule has 2 amide bonds. The number of aliphatic carboxylic acids is 1. The first-order chi connectivity index (χ1) is 16.3. The first-order valence-corrected chi connectivity index (χ1v) is 11.9. The maximum Gasteiger partial charge on any atom is 0.407 e. The summed E-state index contributed by atoms with van der Waals surface area (Å²) in [5.74, 6) is -1.30. The number of hydrogen-bond donors (Lipinski definition) is 3. The molecule has 0 spiro atoms. The van der Waals surface area contributed by atoms with Gasteiger partial charge >= 0.3 is 12.1 Å². The zero-order chi connectivity index (χ0) is 24.3. The van der Waals surface area contributed by atoms with Crippen molar-refractivity contribution in [2.24, 2.45) is 11.8 Å². The van der Waals surface area contributed by atoms with Crippen molar-refractivity contribution in [1.82, 2.24) is 10.6 Å². The highest BCUT2D eigenvalue weighted by Gasteiger charge is 2.45. The summed E-state index contributed by atoms with van der Waals surface area (Å²) >= 11 is 0. The second kappa shape index (κ2) is 9.87. The van der Waals surface area contributed by atoms with Crippen LogP contribution in [0.1, 0.15) is 56.6 Å². The van der Waals surface area contributed by atoms with Crippen molar-refractivity contribution in [3.05, 3.63) is 59.7 Å². The minimum Gasteiger partial charge on any atom is -0.480 e. The van der Waals surface area contributed by atoms with Crippen LogP contribution in [0.3, 0.4) is 0 Å². The Labute approximate surface area is 199 Å². The van der Waals surface area contributed by atoms with Gasteiger partial charge in [-0.15, -0.1) is 0 Å². The van der Waals surface area contributed by atoms with Gasteiger partial charge in [0.1, 0.15) is 12.1 Å². The molecule has 4 rings (SSSR count). The van der Waals surface area contributed by atoms with E-state index in [-0.39, 0.29) is 43.2 Å². The number of amides is 2. The molecule has 0 radical (unpaired) electrons.